The summed E-state index contributed by atoms with van der Waals surface area (Å²) in [6, 6.07) is 27.5. The van der Waals surface area contributed by atoms with Crippen molar-refractivity contribution in [1.29, 1.82) is 0 Å². The van der Waals surface area contributed by atoms with Crippen molar-refractivity contribution >= 4 is 40.4 Å². The molecule has 0 aliphatic rings. The summed E-state index contributed by atoms with van der Waals surface area (Å²) < 4.78 is 39.4. The first-order valence-corrected chi connectivity index (χ1v) is 12.0. The SMILES string of the molecule is N/C(=C\C(=Nc1ccccc1Cl)c1ccc(C(=O)Nc2cccc(C(=O)c3ccccc3)c2)cc1)C(F)(F)F. The molecule has 0 unspecified atom stereocenters. The molecule has 0 aromatic heterocycles. The van der Waals surface area contributed by atoms with Crippen LogP contribution in [0.5, 0.6) is 0 Å². The molecule has 0 heterocycles. The van der Waals surface area contributed by atoms with Gasteiger partial charge in [-0.15, -0.1) is 0 Å². The molecule has 39 heavy (non-hydrogen) atoms. The summed E-state index contributed by atoms with van der Waals surface area (Å²) >= 11 is 6.14. The van der Waals surface area contributed by atoms with Crippen molar-refractivity contribution in [2.24, 2.45) is 10.7 Å². The molecule has 4 rings (SSSR count). The highest BCUT2D eigenvalue weighted by Gasteiger charge is 2.31. The zero-order valence-electron chi connectivity index (χ0n) is 20.2. The van der Waals surface area contributed by atoms with Gasteiger partial charge in [0.2, 0.25) is 0 Å². The zero-order chi connectivity index (χ0) is 28.0. The van der Waals surface area contributed by atoms with Crippen LogP contribution < -0.4 is 11.1 Å². The Labute approximate surface area is 227 Å². The molecular weight excluding hydrogens is 527 g/mol. The standard InChI is InChI=1S/C30H21ClF3N3O2/c31-24-11-4-5-12-25(24)37-26(18-27(35)30(32,33)34)19-13-15-21(16-14-19)29(39)36-23-10-6-9-22(17-23)28(38)20-7-2-1-3-8-20/h1-18H,35H2,(H,36,39)/b27-18-,37-26?. The molecule has 0 fully saturated rings. The van der Waals surface area contributed by atoms with Crippen LogP contribution in [0.1, 0.15) is 31.8 Å². The number of nitrogens with one attached hydrogen (secondary N) is 1. The quantitative estimate of drug-likeness (QED) is 0.187. The van der Waals surface area contributed by atoms with Crippen LogP contribution in [0.15, 0.2) is 120 Å². The first-order valence-electron chi connectivity index (χ1n) is 11.6. The number of benzene rings is 4. The van der Waals surface area contributed by atoms with Gasteiger partial charge in [0.1, 0.15) is 5.70 Å². The first-order chi connectivity index (χ1) is 18.6. The van der Waals surface area contributed by atoms with Crippen molar-refractivity contribution < 1.29 is 22.8 Å². The summed E-state index contributed by atoms with van der Waals surface area (Å²) in [5.74, 6) is -0.659. The van der Waals surface area contributed by atoms with E-state index >= 15 is 0 Å². The van der Waals surface area contributed by atoms with Crippen LogP contribution in [-0.4, -0.2) is 23.6 Å². The lowest BCUT2D eigenvalue weighted by Gasteiger charge is -2.10. The third-order valence-corrected chi connectivity index (χ3v) is 5.89. The van der Waals surface area contributed by atoms with Crippen LogP contribution in [0.2, 0.25) is 5.02 Å². The van der Waals surface area contributed by atoms with Gasteiger partial charge in [0.25, 0.3) is 5.91 Å². The van der Waals surface area contributed by atoms with Gasteiger partial charge >= 0.3 is 6.18 Å². The normalized spacial score (nSPS) is 12.2. The Bertz CT molecular complexity index is 1560. The van der Waals surface area contributed by atoms with Crippen molar-refractivity contribution in [3.8, 4) is 0 Å². The van der Waals surface area contributed by atoms with Crippen LogP contribution in [-0.2, 0) is 0 Å². The van der Waals surface area contributed by atoms with E-state index in [0.29, 0.717) is 22.9 Å². The summed E-state index contributed by atoms with van der Waals surface area (Å²) in [5.41, 5.74) is 5.95. The van der Waals surface area contributed by atoms with Crippen LogP contribution in [0.3, 0.4) is 0 Å². The number of para-hydroxylation sites is 1. The van der Waals surface area contributed by atoms with E-state index in [1.807, 2.05) is 6.07 Å². The number of aliphatic imine (C=N–C) groups is 1. The molecule has 0 bridgehead atoms. The van der Waals surface area contributed by atoms with Gasteiger partial charge in [0, 0.05) is 27.9 Å². The Kier molecular flexibility index (Phi) is 8.27. The highest BCUT2D eigenvalue weighted by molar-refractivity contribution is 6.33. The van der Waals surface area contributed by atoms with Crippen molar-refractivity contribution in [3.05, 3.63) is 142 Å². The first kappa shape index (κ1) is 27.3. The van der Waals surface area contributed by atoms with Crippen LogP contribution in [0, 0.1) is 0 Å². The number of allylic oxidation sites excluding steroid dienone is 2. The number of carbonyl (C=O) groups is 2. The Morgan fingerprint density at radius 1 is 0.769 bits per heavy atom. The maximum Gasteiger partial charge on any atom is 0.430 e. The number of hydrogen-bond donors (Lipinski definition) is 2. The van der Waals surface area contributed by atoms with Crippen molar-refractivity contribution in [2.45, 2.75) is 6.18 Å². The molecule has 0 aliphatic heterocycles. The molecule has 4 aromatic rings. The average molecular weight is 548 g/mol. The number of nitrogens with two attached hydrogens (primary N) is 1. The maximum atomic E-state index is 13.1. The number of halogens is 4. The van der Waals surface area contributed by atoms with Crippen molar-refractivity contribution in [3.63, 3.8) is 0 Å². The predicted molar refractivity (Wildman–Crippen MR) is 147 cm³/mol. The van der Waals surface area contributed by atoms with E-state index in [9.17, 15) is 22.8 Å². The third kappa shape index (κ3) is 7.00. The summed E-state index contributed by atoms with van der Waals surface area (Å²) in [5, 5.41) is 2.98. The molecule has 1 amide bonds. The van der Waals surface area contributed by atoms with Crippen molar-refractivity contribution in [1.82, 2.24) is 0 Å². The highest BCUT2D eigenvalue weighted by Crippen LogP contribution is 2.27. The van der Waals surface area contributed by atoms with Gasteiger partial charge in [-0.05, 0) is 42.5 Å². The number of alkyl halides is 3. The molecule has 0 saturated heterocycles. The molecule has 196 valence electrons. The molecule has 0 saturated carbocycles. The third-order valence-electron chi connectivity index (χ3n) is 5.57. The number of rotatable bonds is 7. The van der Waals surface area contributed by atoms with Crippen LogP contribution >= 0.6 is 11.6 Å². The largest absolute Gasteiger partial charge is 0.430 e. The van der Waals surface area contributed by atoms with E-state index in [4.69, 9.17) is 17.3 Å². The Balaban J connectivity index is 1.58. The minimum atomic E-state index is -4.75. The second-order valence-electron chi connectivity index (χ2n) is 8.35. The van der Waals surface area contributed by atoms with E-state index in [2.05, 4.69) is 10.3 Å². The maximum absolute atomic E-state index is 13.1. The molecule has 9 heteroatoms. The number of nitrogens with zero attached hydrogens (tertiary/aromatic N) is 1. The fourth-order valence-corrected chi connectivity index (χ4v) is 3.75. The van der Waals surface area contributed by atoms with Crippen LogP contribution in [0.25, 0.3) is 0 Å². The Hall–Kier alpha value is -4.69. The van der Waals surface area contributed by atoms with Crippen molar-refractivity contribution in [2.75, 3.05) is 5.32 Å². The average Bonchev–Trinajstić information content (AvgIpc) is 2.93. The summed E-state index contributed by atoms with van der Waals surface area (Å²) in [6.45, 7) is 0. The summed E-state index contributed by atoms with van der Waals surface area (Å²) in [6.07, 6.45) is -4.04. The monoisotopic (exact) mass is 547 g/mol. The topological polar surface area (TPSA) is 84.5 Å². The lowest BCUT2D eigenvalue weighted by molar-refractivity contribution is -0.0925. The smallest absolute Gasteiger partial charge is 0.395 e. The Morgan fingerprint density at radius 2 is 1.38 bits per heavy atom. The molecule has 0 atom stereocenters. The summed E-state index contributed by atoms with van der Waals surface area (Å²) in [7, 11) is 0. The number of anilines is 1. The lowest BCUT2D eigenvalue weighted by Crippen LogP contribution is -2.21. The lowest BCUT2D eigenvalue weighted by atomic mass is 10.0. The van der Waals surface area contributed by atoms with Gasteiger partial charge < -0.3 is 11.1 Å². The molecule has 5 nitrogen and oxygen atoms in total. The van der Waals surface area contributed by atoms with Gasteiger partial charge in [-0.25, -0.2) is 4.99 Å². The van der Waals surface area contributed by atoms with Gasteiger partial charge in [0.05, 0.1) is 16.4 Å². The number of carbonyl (C=O) groups excluding carboxylic acids is 2. The highest BCUT2D eigenvalue weighted by atomic mass is 35.5. The fraction of sp³-hybridized carbons (Fsp3) is 0.0333. The van der Waals surface area contributed by atoms with Gasteiger partial charge in [0.15, 0.2) is 5.78 Å². The van der Waals surface area contributed by atoms with E-state index in [1.165, 1.54) is 24.3 Å². The van der Waals surface area contributed by atoms with E-state index in [-0.39, 0.29) is 33.3 Å². The predicted octanol–water partition coefficient (Wildman–Crippen LogP) is 7.35. The molecule has 3 N–H and O–H groups in total. The van der Waals surface area contributed by atoms with Crippen LogP contribution in [0.4, 0.5) is 24.5 Å². The van der Waals surface area contributed by atoms with Gasteiger partial charge in [-0.1, -0.05) is 78.3 Å². The molecule has 0 spiro atoms. The second-order valence-corrected chi connectivity index (χ2v) is 8.76. The Morgan fingerprint density at radius 3 is 2.05 bits per heavy atom. The molecular formula is C30H21ClF3N3O2. The minimum Gasteiger partial charge on any atom is -0.395 e. The van der Waals surface area contributed by atoms with E-state index < -0.39 is 17.8 Å². The minimum absolute atomic E-state index is 0.0861. The fourth-order valence-electron chi connectivity index (χ4n) is 3.57. The van der Waals surface area contributed by atoms with E-state index in [0.717, 1.165) is 0 Å². The van der Waals surface area contributed by atoms with Gasteiger partial charge in [-0.3, -0.25) is 9.59 Å². The number of hydrogen-bond acceptors (Lipinski definition) is 4. The molecule has 0 aliphatic carbocycles. The molecule has 0 radical (unpaired) electrons. The zero-order valence-corrected chi connectivity index (χ0v) is 21.0. The number of amides is 1. The number of ketones is 1. The summed E-state index contributed by atoms with van der Waals surface area (Å²) in [4.78, 5) is 29.9. The molecule has 4 aromatic carbocycles. The second kappa shape index (κ2) is 11.8. The van der Waals surface area contributed by atoms with Gasteiger partial charge in [-0.2, -0.15) is 13.2 Å². The van der Waals surface area contributed by atoms with E-state index in [1.54, 1.807) is 72.8 Å².